The molecule has 2 heterocycles. The minimum Gasteiger partial charge on any atom is -0.366 e. The van der Waals surface area contributed by atoms with E-state index in [0.717, 1.165) is 18.9 Å². The van der Waals surface area contributed by atoms with Crippen LogP contribution in [0.1, 0.15) is 12.7 Å². The number of carbonyl (C=O) groups excluding carboxylic acids is 1. The molecule has 1 saturated heterocycles. The van der Waals surface area contributed by atoms with Crippen molar-refractivity contribution in [2.75, 3.05) is 26.2 Å². The third-order valence-corrected chi connectivity index (χ3v) is 3.28. The average molecular weight is 266 g/mol. The number of hydrogen-bond acceptors (Lipinski definition) is 4. The Bertz CT molecular complexity index is 413. The normalized spacial score (nSPS) is 21.1. The smallest absolute Gasteiger partial charge is 0.250 e. The van der Waals surface area contributed by atoms with Crippen molar-refractivity contribution in [1.82, 2.24) is 20.2 Å². The number of rotatable bonds is 5. The molecule has 1 aromatic rings. The highest BCUT2D eigenvalue weighted by Crippen LogP contribution is 2.03. The highest BCUT2D eigenvalue weighted by molar-refractivity contribution is 5.81. The van der Waals surface area contributed by atoms with Gasteiger partial charge in [-0.15, -0.1) is 0 Å². The van der Waals surface area contributed by atoms with Crippen LogP contribution >= 0.6 is 0 Å². The topological polar surface area (TPSA) is 68.2 Å². The van der Waals surface area contributed by atoms with Crippen LogP contribution in [0.5, 0.6) is 0 Å². The number of aryl methyl sites for hydroxylation is 1. The first-order chi connectivity index (χ1) is 9.16. The molecule has 1 amide bonds. The maximum atomic E-state index is 11.9. The first-order valence-corrected chi connectivity index (χ1v) is 6.74. The fraction of sp³-hybridized carbons (Fsp3) is 0.692. The molecule has 0 bridgehead atoms. The lowest BCUT2D eigenvalue weighted by atomic mass is 10.1. The average Bonchev–Trinajstić information content (AvgIpc) is 2.82. The van der Waals surface area contributed by atoms with E-state index in [1.54, 1.807) is 6.20 Å². The van der Waals surface area contributed by atoms with E-state index in [4.69, 9.17) is 4.74 Å². The van der Waals surface area contributed by atoms with Gasteiger partial charge in [-0.3, -0.25) is 4.79 Å². The predicted octanol–water partition coefficient (Wildman–Crippen LogP) is -0.0678. The van der Waals surface area contributed by atoms with Crippen LogP contribution in [-0.2, 0) is 16.1 Å². The fourth-order valence-corrected chi connectivity index (χ4v) is 2.12. The zero-order valence-corrected chi connectivity index (χ0v) is 11.6. The molecule has 106 valence electrons. The monoisotopic (exact) mass is 266 g/mol. The van der Waals surface area contributed by atoms with E-state index in [-0.39, 0.29) is 12.0 Å². The summed E-state index contributed by atoms with van der Waals surface area (Å²) in [5, 5.41) is 6.10. The lowest BCUT2D eigenvalue weighted by Gasteiger charge is -2.23. The summed E-state index contributed by atoms with van der Waals surface area (Å²) in [5.41, 5.74) is 0. The summed E-state index contributed by atoms with van der Waals surface area (Å²) >= 11 is 0. The Balaban J connectivity index is 1.72. The minimum atomic E-state index is -0.351. The maximum Gasteiger partial charge on any atom is 0.250 e. The highest BCUT2D eigenvalue weighted by atomic mass is 16.5. The van der Waals surface area contributed by atoms with Crippen LogP contribution in [-0.4, -0.2) is 47.8 Å². The number of ether oxygens (including phenoxy) is 1. The van der Waals surface area contributed by atoms with E-state index < -0.39 is 0 Å². The molecule has 1 aliphatic heterocycles. The molecule has 2 N–H and O–H groups in total. The fourth-order valence-electron chi connectivity index (χ4n) is 2.12. The van der Waals surface area contributed by atoms with Gasteiger partial charge in [-0.05, 0) is 12.8 Å². The number of hydrogen-bond donors (Lipinski definition) is 2. The maximum absolute atomic E-state index is 11.9. The summed E-state index contributed by atoms with van der Waals surface area (Å²) in [4.78, 5) is 16.1. The Morgan fingerprint density at radius 1 is 1.74 bits per heavy atom. The van der Waals surface area contributed by atoms with E-state index in [1.807, 2.05) is 13.1 Å². The van der Waals surface area contributed by atoms with Gasteiger partial charge in [0.05, 0.1) is 6.61 Å². The molecule has 1 fully saturated rings. The van der Waals surface area contributed by atoms with Gasteiger partial charge in [-0.25, -0.2) is 4.98 Å². The second-order valence-corrected chi connectivity index (χ2v) is 5.04. The summed E-state index contributed by atoms with van der Waals surface area (Å²) in [6.07, 6.45) is 3.40. The van der Waals surface area contributed by atoms with Gasteiger partial charge in [0.2, 0.25) is 5.91 Å². The Morgan fingerprint density at radius 2 is 2.58 bits per heavy atom. The van der Waals surface area contributed by atoms with Gasteiger partial charge in [-0.1, -0.05) is 6.92 Å². The summed E-state index contributed by atoms with van der Waals surface area (Å²) in [6, 6.07) is 0. The van der Waals surface area contributed by atoms with Gasteiger partial charge in [0.25, 0.3) is 0 Å². The number of nitrogens with zero attached hydrogens (tertiary/aromatic N) is 2. The summed E-state index contributed by atoms with van der Waals surface area (Å²) < 4.78 is 7.50. The van der Waals surface area contributed by atoms with Crippen molar-refractivity contribution in [1.29, 1.82) is 0 Å². The van der Waals surface area contributed by atoms with Crippen LogP contribution in [0.2, 0.25) is 0 Å². The molecule has 1 aliphatic rings. The molecule has 6 nitrogen and oxygen atoms in total. The van der Waals surface area contributed by atoms with Gasteiger partial charge in [0.15, 0.2) is 0 Å². The van der Waals surface area contributed by atoms with Crippen LogP contribution in [0.15, 0.2) is 12.4 Å². The van der Waals surface area contributed by atoms with E-state index in [0.29, 0.717) is 25.6 Å². The molecule has 0 spiro atoms. The molecule has 0 aromatic carbocycles. The summed E-state index contributed by atoms with van der Waals surface area (Å²) in [7, 11) is 0. The predicted molar refractivity (Wildman–Crippen MR) is 71.7 cm³/mol. The molecule has 0 radical (unpaired) electrons. The molecule has 19 heavy (non-hydrogen) atoms. The number of amides is 1. The number of nitrogens with one attached hydrogen (secondary N) is 2. The largest absolute Gasteiger partial charge is 0.366 e. The van der Waals surface area contributed by atoms with Crippen LogP contribution < -0.4 is 10.6 Å². The van der Waals surface area contributed by atoms with Gasteiger partial charge >= 0.3 is 0 Å². The number of imidazole rings is 1. The van der Waals surface area contributed by atoms with Crippen molar-refractivity contribution < 1.29 is 9.53 Å². The molecule has 0 saturated carbocycles. The van der Waals surface area contributed by atoms with E-state index in [1.165, 1.54) is 0 Å². The van der Waals surface area contributed by atoms with Crippen molar-refractivity contribution in [3.63, 3.8) is 0 Å². The first-order valence-electron chi connectivity index (χ1n) is 6.74. The van der Waals surface area contributed by atoms with Crippen LogP contribution in [0, 0.1) is 12.8 Å². The Morgan fingerprint density at radius 3 is 3.21 bits per heavy atom. The van der Waals surface area contributed by atoms with Gasteiger partial charge in [-0.2, -0.15) is 0 Å². The van der Waals surface area contributed by atoms with Gasteiger partial charge in [0, 0.05) is 38.6 Å². The molecule has 2 atom stereocenters. The molecule has 0 aliphatic carbocycles. The third kappa shape index (κ3) is 4.04. The second-order valence-electron chi connectivity index (χ2n) is 5.04. The van der Waals surface area contributed by atoms with E-state index in [9.17, 15) is 4.79 Å². The molecular formula is C13H22N4O2. The molecule has 2 rings (SSSR count). The van der Waals surface area contributed by atoms with E-state index in [2.05, 4.69) is 27.1 Å². The zero-order chi connectivity index (χ0) is 13.7. The van der Waals surface area contributed by atoms with Crippen LogP contribution in [0.4, 0.5) is 0 Å². The lowest BCUT2D eigenvalue weighted by Crippen LogP contribution is -2.48. The molecule has 6 heteroatoms. The quantitative estimate of drug-likeness (QED) is 0.783. The Labute approximate surface area is 113 Å². The molecular weight excluding hydrogens is 244 g/mol. The first kappa shape index (κ1) is 14.0. The highest BCUT2D eigenvalue weighted by Gasteiger charge is 2.21. The van der Waals surface area contributed by atoms with Crippen molar-refractivity contribution >= 4 is 5.91 Å². The van der Waals surface area contributed by atoms with Crippen LogP contribution in [0.3, 0.4) is 0 Å². The Hall–Kier alpha value is -1.40. The van der Waals surface area contributed by atoms with Crippen molar-refractivity contribution in [3.05, 3.63) is 18.2 Å². The third-order valence-electron chi connectivity index (χ3n) is 3.28. The standard InChI is InChI=1S/C13H22N4O2/c1-10(9-17-5-3-15-11(17)2)7-16-13(18)12-8-14-4-6-19-12/h3,5,10,12,14H,4,6-9H2,1-2H3,(H,16,18). The van der Waals surface area contributed by atoms with Gasteiger partial charge < -0.3 is 19.9 Å². The van der Waals surface area contributed by atoms with E-state index >= 15 is 0 Å². The summed E-state index contributed by atoms with van der Waals surface area (Å²) in [5.74, 6) is 1.33. The van der Waals surface area contributed by atoms with Crippen molar-refractivity contribution in [2.45, 2.75) is 26.5 Å². The molecule has 2 unspecified atom stereocenters. The van der Waals surface area contributed by atoms with Crippen molar-refractivity contribution in [2.24, 2.45) is 5.92 Å². The number of aromatic nitrogens is 2. The summed E-state index contributed by atoms with van der Waals surface area (Å²) in [6.45, 7) is 7.61. The van der Waals surface area contributed by atoms with Crippen molar-refractivity contribution in [3.8, 4) is 0 Å². The molecule has 1 aromatic heterocycles. The lowest BCUT2D eigenvalue weighted by molar-refractivity contribution is -0.134. The zero-order valence-electron chi connectivity index (χ0n) is 11.6. The second kappa shape index (κ2) is 6.68. The van der Waals surface area contributed by atoms with Gasteiger partial charge in [0.1, 0.15) is 11.9 Å². The van der Waals surface area contributed by atoms with Crippen LogP contribution in [0.25, 0.3) is 0 Å². The SMILES string of the molecule is Cc1nccn1CC(C)CNC(=O)C1CNCCO1. The number of carbonyl (C=O) groups is 1. The minimum absolute atomic E-state index is 0.0265. The Kier molecular flexibility index (Phi) is 4.93. The number of morpholine rings is 1.